The Morgan fingerprint density at radius 3 is 2.25 bits per heavy atom. The average Bonchev–Trinajstić information content (AvgIpc) is 3.32. The number of ketones is 3. The van der Waals surface area contributed by atoms with E-state index in [0.717, 1.165) is 11.1 Å². The van der Waals surface area contributed by atoms with E-state index in [2.05, 4.69) is 0 Å². The van der Waals surface area contributed by atoms with Gasteiger partial charge in [0.05, 0.1) is 24.4 Å². The largest absolute Gasteiger partial charge is 0.456 e. The number of Topliss-reactive ketones (excluding diaryl/α,β-unsaturated/α-hetero) is 3. The van der Waals surface area contributed by atoms with E-state index in [1.807, 2.05) is 64.1 Å². The number of nitrogens with zero attached hydrogens (tertiary/aromatic N) is 1. The van der Waals surface area contributed by atoms with Crippen molar-refractivity contribution in [3.63, 3.8) is 0 Å². The summed E-state index contributed by atoms with van der Waals surface area (Å²) >= 11 is 0. The summed E-state index contributed by atoms with van der Waals surface area (Å²) in [6.45, 7) is 12.7. The normalized spacial score (nSPS) is 36.4. The van der Waals surface area contributed by atoms with Crippen molar-refractivity contribution < 1.29 is 63.3 Å². The van der Waals surface area contributed by atoms with Crippen LogP contribution in [0.25, 0.3) is 6.08 Å². The average molecular weight is 950 g/mol. The monoisotopic (exact) mass is 950 g/mol. The van der Waals surface area contributed by atoms with Crippen LogP contribution < -0.4 is 0 Å². The van der Waals surface area contributed by atoms with Gasteiger partial charge in [0.1, 0.15) is 24.0 Å². The van der Waals surface area contributed by atoms with Crippen molar-refractivity contribution in [3.8, 4) is 0 Å². The van der Waals surface area contributed by atoms with Crippen LogP contribution in [0.2, 0.25) is 0 Å². The summed E-state index contributed by atoms with van der Waals surface area (Å²) in [5.41, 5.74) is 3.01. The number of aliphatic hydroxyl groups excluding tert-OH is 3. The Morgan fingerprint density at radius 2 is 1.60 bits per heavy atom. The van der Waals surface area contributed by atoms with Crippen molar-refractivity contribution in [2.24, 2.45) is 41.4 Å². The van der Waals surface area contributed by atoms with Crippen molar-refractivity contribution in [1.82, 2.24) is 4.90 Å². The zero-order chi connectivity index (χ0) is 50.0. The summed E-state index contributed by atoms with van der Waals surface area (Å²) < 4.78 is 24.5. The summed E-state index contributed by atoms with van der Waals surface area (Å²) in [6, 6.07) is 6.14. The molecule has 0 radical (unpaired) electrons. The number of cyclic esters (lactones) is 1. The molecule has 1 aliphatic carbocycles. The Balaban J connectivity index is 1.55. The zero-order valence-corrected chi connectivity index (χ0v) is 41.8. The van der Waals surface area contributed by atoms with E-state index in [4.69, 9.17) is 18.9 Å². The number of hydrogen-bond donors (Lipinski definition) is 4. The van der Waals surface area contributed by atoms with Gasteiger partial charge >= 0.3 is 5.97 Å². The molecule has 378 valence electrons. The molecular weight excluding hydrogens is 871 g/mol. The van der Waals surface area contributed by atoms with Gasteiger partial charge in [-0.3, -0.25) is 19.2 Å². The van der Waals surface area contributed by atoms with Gasteiger partial charge in [-0.25, -0.2) is 4.79 Å². The van der Waals surface area contributed by atoms with Crippen LogP contribution in [0.5, 0.6) is 0 Å². The summed E-state index contributed by atoms with van der Waals surface area (Å²) in [7, 11) is 3.04. The van der Waals surface area contributed by atoms with Crippen molar-refractivity contribution in [2.75, 3.05) is 27.4 Å². The van der Waals surface area contributed by atoms with Crippen LogP contribution in [0.4, 0.5) is 0 Å². The second kappa shape index (κ2) is 24.8. The minimum absolute atomic E-state index is 0.0481. The smallest absolute Gasteiger partial charge is 0.329 e. The highest BCUT2D eigenvalue weighted by molar-refractivity contribution is 6.39. The highest BCUT2D eigenvalue weighted by Gasteiger charge is 2.56. The quantitative estimate of drug-likeness (QED) is 0.0846. The molecule has 0 spiro atoms. The minimum atomic E-state index is -2.55. The fourth-order valence-corrected chi connectivity index (χ4v) is 10.8. The summed E-state index contributed by atoms with van der Waals surface area (Å²) in [5, 5.41) is 44.6. The van der Waals surface area contributed by atoms with Crippen molar-refractivity contribution >= 4 is 35.3 Å². The van der Waals surface area contributed by atoms with Gasteiger partial charge in [-0.15, -0.1) is 0 Å². The molecule has 2 saturated heterocycles. The van der Waals surface area contributed by atoms with Gasteiger partial charge in [0.15, 0.2) is 5.78 Å². The number of amides is 1. The zero-order valence-electron chi connectivity index (χ0n) is 41.8. The van der Waals surface area contributed by atoms with Crippen LogP contribution >= 0.6 is 0 Å². The molecule has 14 nitrogen and oxygen atoms in total. The third-order valence-corrected chi connectivity index (χ3v) is 15.0. The van der Waals surface area contributed by atoms with E-state index in [1.165, 1.54) is 19.1 Å². The SMILES string of the molecule is CO[C@H]1C[C@@H](C)C/C(C)=C/C(C/C=C/c2ccc(C(=O)C(C)C)cc2)C(=O)C[C@H](O)[C@@H](C)[C@@H](/C(C)=C/[C@@H]2CC[C@@H](O)[C@H](CO)C2)OC(=O)C2CCCCN2C(=O)C(=O)[C@]2(O)OC1[C@@H](OC)C[C@H]2C. The maximum atomic E-state index is 14.5. The first-order valence-corrected chi connectivity index (χ1v) is 24.9. The second-order valence-electron chi connectivity index (χ2n) is 20.7. The number of methoxy groups -OCH3 is 2. The predicted octanol–water partition coefficient (Wildman–Crippen LogP) is 6.60. The number of allylic oxidation sites excluding steroid dienone is 4. The van der Waals surface area contributed by atoms with Gasteiger partial charge in [0.25, 0.3) is 11.7 Å². The number of aliphatic hydroxyl groups is 4. The van der Waals surface area contributed by atoms with E-state index >= 15 is 0 Å². The number of carbonyl (C=O) groups is 5. The van der Waals surface area contributed by atoms with Crippen LogP contribution in [-0.4, -0.2) is 130 Å². The van der Waals surface area contributed by atoms with Crippen LogP contribution in [0.15, 0.2) is 53.6 Å². The molecule has 14 atom stereocenters. The van der Waals surface area contributed by atoms with Crippen LogP contribution in [0.1, 0.15) is 135 Å². The van der Waals surface area contributed by atoms with Gasteiger partial charge in [-0.2, -0.15) is 0 Å². The first-order chi connectivity index (χ1) is 32.2. The number of carbonyl (C=O) groups excluding carboxylic acids is 5. The van der Waals surface area contributed by atoms with E-state index in [-0.39, 0.29) is 67.7 Å². The molecule has 1 aromatic carbocycles. The molecule has 1 saturated carbocycles. The standard InChI is InChI=1S/C54H79NO13/c1-31(2)48(60)39-19-16-37(17-20-39)13-12-14-40-24-32(3)23-33(4)25-46(65-8)50-47(66-9)27-35(6)54(64,68-50)51(61)52(62)55-22-11-10-15-42(55)53(63)67-49(36(7)44(58)29-45(40)59)34(5)26-38-18-21-43(57)41(28-38)30-56/h12-13,16-17,19-20,24,26,31,33,35-36,38,40-44,46-47,49-50,56-58,64H,10-11,14-15,18,21-23,25,27-30H2,1-9H3/b13-12+,32-24+,34-26+/t33-,35+,36+,38-,40?,41-,42?,43+,44-,46-,47-,49+,50?,54+/m0/s1. The number of benzene rings is 1. The maximum Gasteiger partial charge on any atom is 0.329 e. The molecule has 4 aliphatic rings. The van der Waals surface area contributed by atoms with Gasteiger partial charge in [0, 0.05) is 68.9 Å². The Kier molecular flexibility index (Phi) is 20.1. The summed E-state index contributed by atoms with van der Waals surface area (Å²) in [5.74, 6) is -8.65. The highest BCUT2D eigenvalue weighted by Crippen LogP contribution is 2.39. The molecule has 14 heteroatoms. The Labute approximate surface area is 403 Å². The van der Waals surface area contributed by atoms with Gasteiger partial charge in [-0.05, 0) is 101 Å². The minimum Gasteiger partial charge on any atom is -0.456 e. The number of rotatable bonds is 10. The Morgan fingerprint density at radius 1 is 0.926 bits per heavy atom. The highest BCUT2D eigenvalue weighted by atomic mass is 16.7. The lowest BCUT2D eigenvalue weighted by atomic mass is 9.78. The maximum absolute atomic E-state index is 14.5. The van der Waals surface area contributed by atoms with Crippen LogP contribution in [0, 0.1) is 41.4 Å². The molecule has 1 aromatic rings. The number of ether oxygens (including phenoxy) is 4. The first-order valence-electron chi connectivity index (χ1n) is 24.9. The molecule has 5 rings (SSSR count). The lowest BCUT2D eigenvalue weighted by molar-refractivity contribution is -0.302. The molecular formula is C54H79NO13. The molecule has 3 unspecified atom stereocenters. The molecule has 1 amide bonds. The number of esters is 1. The third-order valence-electron chi connectivity index (χ3n) is 15.0. The van der Waals surface area contributed by atoms with E-state index in [9.17, 15) is 44.4 Å². The summed E-state index contributed by atoms with van der Waals surface area (Å²) in [6.07, 6.45) is 6.60. The number of hydrogen-bond acceptors (Lipinski definition) is 13. The lowest BCUT2D eigenvalue weighted by Gasteiger charge is -2.47. The molecule has 68 heavy (non-hydrogen) atoms. The van der Waals surface area contributed by atoms with Gasteiger partial charge in [0.2, 0.25) is 5.79 Å². The van der Waals surface area contributed by atoms with E-state index < -0.39 is 83.9 Å². The van der Waals surface area contributed by atoms with Crippen molar-refractivity contribution in [2.45, 2.75) is 168 Å². The molecule has 4 N–H and O–H groups in total. The molecule has 2 bridgehead atoms. The molecule has 3 aliphatic heterocycles. The Hall–Kier alpha value is -3.89. The van der Waals surface area contributed by atoms with Crippen LogP contribution in [-0.2, 0) is 38.1 Å². The fraction of sp³-hybridized carbons (Fsp3) is 0.685. The second-order valence-corrected chi connectivity index (χ2v) is 20.7. The van der Waals surface area contributed by atoms with E-state index in [1.54, 1.807) is 32.9 Å². The van der Waals surface area contributed by atoms with Gasteiger partial charge < -0.3 is 44.3 Å². The number of piperidine rings is 1. The van der Waals surface area contributed by atoms with Crippen LogP contribution in [0.3, 0.4) is 0 Å². The molecule has 0 aromatic heterocycles. The topological polar surface area (TPSA) is 206 Å². The Bertz CT molecular complexity index is 1990. The van der Waals surface area contributed by atoms with Crippen molar-refractivity contribution in [3.05, 3.63) is 64.8 Å². The molecule has 3 fully saturated rings. The third kappa shape index (κ3) is 13.5. The first kappa shape index (κ1) is 55.0. The van der Waals surface area contributed by atoms with Crippen molar-refractivity contribution in [1.29, 1.82) is 0 Å². The van der Waals surface area contributed by atoms with E-state index in [0.29, 0.717) is 62.5 Å². The predicted molar refractivity (Wildman–Crippen MR) is 257 cm³/mol. The summed E-state index contributed by atoms with van der Waals surface area (Å²) in [4.78, 5) is 71.5. The lowest BCUT2D eigenvalue weighted by Crippen LogP contribution is -2.64. The number of fused-ring (bicyclic) bond motifs is 3. The molecule has 3 heterocycles. The fourth-order valence-electron chi connectivity index (χ4n) is 10.8. The van der Waals surface area contributed by atoms with Gasteiger partial charge in [-0.1, -0.05) is 88.8 Å².